The van der Waals surface area contributed by atoms with Crippen LogP contribution in [-0.2, 0) is 0 Å². The van der Waals surface area contributed by atoms with E-state index < -0.39 is 13.6 Å². The number of hydrogen-bond acceptors (Lipinski definition) is 0. The van der Waals surface area contributed by atoms with Crippen LogP contribution >= 0.6 is 0 Å². The molecule has 1 fully saturated rings. The molecule has 2 aromatic carbocycles. The SMILES string of the molecule is c1ccc([AsH]2(c3ccccc3)CCCCCC2)cc1. The monoisotopic (exact) mass is 314 g/mol. The predicted molar refractivity (Wildman–Crippen MR) is 87.4 cm³/mol. The van der Waals surface area contributed by atoms with Gasteiger partial charge < -0.3 is 0 Å². The van der Waals surface area contributed by atoms with Gasteiger partial charge in [0, 0.05) is 0 Å². The van der Waals surface area contributed by atoms with Crippen molar-refractivity contribution >= 4 is 22.3 Å². The minimum atomic E-state index is -2.09. The van der Waals surface area contributed by atoms with Gasteiger partial charge in [0.25, 0.3) is 0 Å². The van der Waals surface area contributed by atoms with Crippen molar-refractivity contribution < 1.29 is 0 Å². The molecule has 0 spiro atoms. The van der Waals surface area contributed by atoms with E-state index in [4.69, 9.17) is 0 Å². The summed E-state index contributed by atoms with van der Waals surface area (Å²) < 4.78 is 3.38. The molecule has 3 rings (SSSR count). The molecule has 1 heteroatoms. The van der Waals surface area contributed by atoms with Gasteiger partial charge in [-0.1, -0.05) is 0 Å². The van der Waals surface area contributed by atoms with Crippen LogP contribution in [0.4, 0.5) is 0 Å². The van der Waals surface area contributed by atoms with Crippen molar-refractivity contribution in [2.24, 2.45) is 0 Å². The summed E-state index contributed by atoms with van der Waals surface area (Å²) in [4.78, 5) is 0. The summed E-state index contributed by atoms with van der Waals surface area (Å²) >= 11 is -2.09. The third kappa shape index (κ3) is 2.65. The molecular weight excluding hydrogens is 291 g/mol. The van der Waals surface area contributed by atoms with E-state index in [1.54, 1.807) is 8.70 Å². The molecule has 1 heterocycles. The van der Waals surface area contributed by atoms with E-state index in [1.807, 2.05) is 0 Å². The van der Waals surface area contributed by atoms with Gasteiger partial charge in [-0.3, -0.25) is 0 Å². The standard InChI is InChI=1S/C18H23As/c1-2-10-16-19(15-9-1,17-11-5-3-6-12-17)18-13-7-4-8-14-18/h3-8,11-14,19H,1-2,9-10,15-16H2. The molecule has 2 aromatic rings. The molecule has 0 bridgehead atoms. The Morgan fingerprint density at radius 2 is 0.947 bits per heavy atom. The molecule has 0 aliphatic carbocycles. The molecule has 19 heavy (non-hydrogen) atoms. The molecule has 0 amide bonds. The topological polar surface area (TPSA) is 0 Å². The second-order valence-electron chi connectivity index (χ2n) is 5.73. The fourth-order valence-electron chi connectivity index (χ4n) is 3.59. The molecular formula is C18H23As. The van der Waals surface area contributed by atoms with Gasteiger partial charge >= 0.3 is 119 Å². The van der Waals surface area contributed by atoms with Gasteiger partial charge in [0.15, 0.2) is 0 Å². The summed E-state index contributed by atoms with van der Waals surface area (Å²) in [5.74, 6) is 0. The summed E-state index contributed by atoms with van der Waals surface area (Å²) in [6.45, 7) is 0. The van der Waals surface area contributed by atoms with Crippen LogP contribution in [-0.4, -0.2) is 13.6 Å². The fourth-order valence-corrected chi connectivity index (χ4v) is 14.3. The first kappa shape index (κ1) is 13.0. The zero-order valence-corrected chi connectivity index (χ0v) is 13.6. The van der Waals surface area contributed by atoms with Crippen LogP contribution in [0, 0.1) is 0 Å². The second kappa shape index (κ2) is 5.97. The Kier molecular flexibility index (Phi) is 4.09. The Hall–Kier alpha value is -1.00. The van der Waals surface area contributed by atoms with E-state index in [9.17, 15) is 0 Å². The van der Waals surface area contributed by atoms with E-state index in [-0.39, 0.29) is 0 Å². The fraction of sp³-hybridized carbons (Fsp3) is 0.333. The molecule has 0 nitrogen and oxygen atoms in total. The number of hydrogen-bond donors (Lipinski definition) is 0. The molecule has 0 atom stereocenters. The predicted octanol–water partition coefficient (Wildman–Crippen LogP) is 3.56. The summed E-state index contributed by atoms with van der Waals surface area (Å²) in [7, 11) is 0. The van der Waals surface area contributed by atoms with Crippen molar-refractivity contribution in [1.82, 2.24) is 0 Å². The van der Waals surface area contributed by atoms with E-state index in [0.29, 0.717) is 0 Å². The Morgan fingerprint density at radius 3 is 1.37 bits per heavy atom. The molecule has 0 aromatic heterocycles. The minimum absolute atomic E-state index is 1.43. The van der Waals surface area contributed by atoms with Gasteiger partial charge in [-0.05, 0) is 0 Å². The Labute approximate surface area is 119 Å². The molecule has 0 N–H and O–H groups in total. The normalized spacial score (nSPS) is 20.4. The van der Waals surface area contributed by atoms with Crippen LogP contribution in [0.1, 0.15) is 25.7 Å². The van der Waals surface area contributed by atoms with E-state index in [0.717, 1.165) is 0 Å². The van der Waals surface area contributed by atoms with Gasteiger partial charge in [0.1, 0.15) is 0 Å². The molecule has 1 aliphatic rings. The van der Waals surface area contributed by atoms with E-state index in [1.165, 1.54) is 36.1 Å². The first-order valence-electron chi connectivity index (χ1n) is 7.53. The summed E-state index contributed by atoms with van der Waals surface area (Å²) in [6, 6.07) is 22.8. The molecule has 1 aliphatic heterocycles. The van der Waals surface area contributed by atoms with Crippen molar-refractivity contribution in [3.05, 3.63) is 60.7 Å². The number of benzene rings is 2. The van der Waals surface area contributed by atoms with Crippen LogP contribution in [0.25, 0.3) is 0 Å². The van der Waals surface area contributed by atoms with Crippen LogP contribution < -0.4 is 8.70 Å². The van der Waals surface area contributed by atoms with E-state index >= 15 is 0 Å². The number of rotatable bonds is 2. The second-order valence-corrected chi connectivity index (χ2v) is 14.8. The Balaban J connectivity index is 2.09. The van der Waals surface area contributed by atoms with Crippen LogP contribution in [0.5, 0.6) is 0 Å². The van der Waals surface area contributed by atoms with Gasteiger partial charge in [-0.25, -0.2) is 0 Å². The van der Waals surface area contributed by atoms with Crippen molar-refractivity contribution in [3.8, 4) is 0 Å². The Bertz CT molecular complexity index is 454. The average Bonchev–Trinajstić information content (AvgIpc) is 2.76. The zero-order valence-electron chi connectivity index (χ0n) is 11.5. The van der Waals surface area contributed by atoms with Gasteiger partial charge in [0.05, 0.1) is 0 Å². The van der Waals surface area contributed by atoms with Crippen molar-refractivity contribution in [3.63, 3.8) is 0 Å². The zero-order chi connectivity index (χ0) is 13.0. The van der Waals surface area contributed by atoms with Gasteiger partial charge in [-0.15, -0.1) is 0 Å². The van der Waals surface area contributed by atoms with Crippen LogP contribution in [0.2, 0.25) is 10.4 Å². The quantitative estimate of drug-likeness (QED) is 0.744. The van der Waals surface area contributed by atoms with Crippen LogP contribution in [0.3, 0.4) is 0 Å². The van der Waals surface area contributed by atoms with Gasteiger partial charge in [0.2, 0.25) is 0 Å². The summed E-state index contributed by atoms with van der Waals surface area (Å²) in [5, 5.41) is 2.96. The molecule has 0 unspecified atom stereocenters. The summed E-state index contributed by atoms with van der Waals surface area (Å²) in [5.41, 5.74) is 0. The maximum atomic E-state index is 2.40. The van der Waals surface area contributed by atoms with Crippen molar-refractivity contribution in [1.29, 1.82) is 0 Å². The van der Waals surface area contributed by atoms with Crippen molar-refractivity contribution in [2.45, 2.75) is 36.1 Å². The maximum absolute atomic E-state index is 2.40. The van der Waals surface area contributed by atoms with Crippen molar-refractivity contribution in [2.75, 3.05) is 0 Å². The molecule has 0 saturated carbocycles. The molecule has 1 saturated heterocycles. The van der Waals surface area contributed by atoms with Crippen LogP contribution in [0.15, 0.2) is 60.7 Å². The third-order valence-corrected chi connectivity index (χ3v) is 15.7. The summed E-state index contributed by atoms with van der Waals surface area (Å²) in [6.07, 6.45) is 5.74. The average molecular weight is 314 g/mol. The first-order chi connectivity index (χ1) is 9.42. The first-order valence-corrected chi connectivity index (χ1v) is 12.6. The van der Waals surface area contributed by atoms with E-state index in [2.05, 4.69) is 60.7 Å². The Morgan fingerprint density at radius 1 is 0.526 bits per heavy atom. The van der Waals surface area contributed by atoms with Gasteiger partial charge in [-0.2, -0.15) is 0 Å². The molecule has 0 radical (unpaired) electrons. The molecule has 100 valence electrons. The third-order valence-electron chi connectivity index (χ3n) is 4.61.